The van der Waals surface area contributed by atoms with Gasteiger partial charge in [-0.05, 0) is 18.1 Å². The summed E-state index contributed by atoms with van der Waals surface area (Å²) >= 11 is 0. The van der Waals surface area contributed by atoms with Gasteiger partial charge in [0.1, 0.15) is 6.10 Å². The summed E-state index contributed by atoms with van der Waals surface area (Å²) in [5, 5.41) is 8.84. The lowest BCUT2D eigenvalue weighted by atomic mass is 10.1. The number of aliphatic hydroxyl groups excluding tert-OH is 1. The first kappa shape index (κ1) is 19.8. The molecule has 140 valence electrons. The Morgan fingerprint density at radius 1 is 1.48 bits per heavy atom. The van der Waals surface area contributed by atoms with Crippen molar-refractivity contribution in [3.8, 4) is 0 Å². The van der Waals surface area contributed by atoms with Crippen molar-refractivity contribution < 1.29 is 23.1 Å². The molecule has 0 spiro atoms. The molecule has 1 aliphatic heterocycles. The summed E-state index contributed by atoms with van der Waals surface area (Å²) in [6.45, 7) is 1.23. The van der Waals surface area contributed by atoms with E-state index in [1.807, 2.05) is 12.1 Å². The number of rotatable bonds is 7. The van der Waals surface area contributed by atoms with Crippen LogP contribution in [0.1, 0.15) is 23.8 Å². The molecule has 0 saturated carbocycles. The number of hydrogen-bond acceptors (Lipinski definition) is 6. The number of aromatic nitrogens is 1. The number of pyridine rings is 1. The third kappa shape index (κ3) is 5.74. The Morgan fingerprint density at radius 2 is 2.24 bits per heavy atom. The highest BCUT2D eigenvalue weighted by Crippen LogP contribution is 2.22. The highest BCUT2D eigenvalue weighted by atomic mass is 32.2. The van der Waals surface area contributed by atoms with E-state index in [-0.39, 0.29) is 25.2 Å². The number of likely N-dealkylation sites (N-methyl/N-ethyl adjacent to an activating group) is 1. The maximum absolute atomic E-state index is 11.9. The predicted octanol–water partition coefficient (Wildman–Crippen LogP) is -0.202. The molecular formula is C16H25N3O5S. The lowest BCUT2D eigenvalue weighted by Crippen LogP contribution is -2.41. The summed E-state index contributed by atoms with van der Waals surface area (Å²) in [6.07, 6.45) is 3.41. The second-order valence-corrected chi connectivity index (χ2v) is 8.09. The molecule has 25 heavy (non-hydrogen) atoms. The van der Waals surface area contributed by atoms with E-state index in [0.717, 1.165) is 5.56 Å². The number of sulfonamides is 1. The minimum Gasteiger partial charge on any atom is -0.395 e. The molecule has 2 heterocycles. The van der Waals surface area contributed by atoms with E-state index in [1.165, 1.54) is 15.5 Å². The summed E-state index contributed by atoms with van der Waals surface area (Å²) in [6, 6.07) is 3.69. The molecule has 1 aliphatic rings. The van der Waals surface area contributed by atoms with E-state index in [1.54, 1.807) is 13.2 Å². The van der Waals surface area contributed by atoms with Gasteiger partial charge in [-0.15, -0.1) is 0 Å². The van der Waals surface area contributed by atoms with E-state index in [2.05, 4.69) is 4.98 Å². The van der Waals surface area contributed by atoms with Crippen molar-refractivity contribution in [2.24, 2.45) is 0 Å². The van der Waals surface area contributed by atoms with Gasteiger partial charge in [-0.25, -0.2) is 8.42 Å². The van der Waals surface area contributed by atoms with Crippen LogP contribution in [-0.4, -0.2) is 79.8 Å². The van der Waals surface area contributed by atoms with E-state index in [9.17, 15) is 13.2 Å². The van der Waals surface area contributed by atoms with Crippen molar-refractivity contribution in [2.75, 3.05) is 46.2 Å². The zero-order chi connectivity index (χ0) is 18.4. The number of carbonyl (C=O) groups is 1. The van der Waals surface area contributed by atoms with Crippen LogP contribution >= 0.6 is 0 Å². The Balaban J connectivity index is 1.92. The number of amides is 1. The lowest BCUT2D eigenvalue weighted by molar-refractivity contribution is -0.130. The van der Waals surface area contributed by atoms with Crippen molar-refractivity contribution in [3.63, 3.8) is 0 Å². The maximum Gasteiger partial charge on any atom is 0.222 e. The molecular weight excluding hydrogens is 346 g/mol. The average molecular weight is 371 g/mol. The fourth-order valence-electron chi connectivity index (χ4n) is 2.60. The largest absolute Gasteiger partial charge is 0.395 e. The van der Waals surface area contributed by atoms with Gasteiger partial charge < -0.3 is 14.7 Å². The second kappa shape index (κ2) is 8.70. The first-order valence-corrected chi connectivity index (χ1v) is 10.0. The van der Waals surface area contributed by atoms with Gasteiger partial charge in [-0.3, -0.25) is 9.78 Å². The maximum atomic E-state index is 11.9. The molecule has 8 nitrogen and oxygen atoms in total. The summed E-state index contributed by atoms with van der Waals surface area (Å²) in [7, 11) is -1.58. The number of morpholine rings is 1. The van der Waals surface area contributed by atoms with E-state index in [4.69, 9.17) is 9.84 Å². The molecule has 1 fully saturated rings. The van der Waals surface area contributed by atoms with Crippen molar-refractivity contribution in [2.45, 2.75) is 18.9 Å². The first-order valence-electron chi connectivity index (χ1n) is 8.17. The van der Waals surface area contributed by atoms with Crippen molar-refractivity contribution >= 4 is 15.9 Å². The van der Waals surface area contributed by atoms with Gasteiger partial charge in [0.15, 0.2) is 0 Å². The fraction of sp³-hybridized carbons (Fsp3) is 0.625. The van der Waals surface area contributed by atoms with Gasteiger partial charge in [-0.2, -0.15) is 4.31 Å². The third-order valence-electron chi connectivity index (χ3n) is 4.16. The van der Waals surface area contributed by atoms with Crippen LogP contribution in [0.2, 0.25) is 0 Å². The molecule has 2 rings (SSSR count). The molecule has 0 aliphatic carbocycles. The normalized spacial score (nSPS) is 18.9. The Hall–Kier alpha value is -1.55. The number of aryl methyl sites for hydroxylation is 1. The van der Waals surface area contributed by atoms with Gasteiger partial charge in [0.2, 0.25) is 15.9 Å². The Kier molecular flexibility index (Phi) is 6.88. The molecule has 1 N–H and O–H groups in total. The second-order valence-electron chi connectivity index (χ2n) is 6.11. The van der Waals surface area contributed by atoms with Gasteiger partial charge >= 0.3 is 0 Å². The summed E-state index contributed by atoms with van der Waals surface area (Å²) < 4.78 is 30.4. The monoisotopic (exact) mass is 371 g/mol. The van der Waals surface area contributed by atoms with Crippen LogP contribution in [0, 0.1) is 0 Å². The van der Waals surface area contributed by atoms with E-state index >= 15 is 0 Å². The number of aliphatic hydroxyl groups is 1. The number of hydrogen-bond donors (Lipinski definition) is 1. The molecule has 1 aromatic heterocycles. The molecule has 9 heteroatoms. The summed E-state index contributed by atoms with van der Waals surface area (Å²) in [5.74, 6) is -0.0301. The van der Waals surface area contributed by atoms with Gasteiger partial charge in [0.05, 0.1) is 25.2 Å². The van der Waals surface area contributed by atoms with E-state index < -0.39 is 10.0 Å². The average Bonchev–Trinajstić information content (AvgIpc) is 2.59. The number of nitrogens with zero attached hydrogens (tertiary/aromatic N) is 3. The molecule has 1 saturated heterocycles. The quantitative estimate of drug-likeness (QED) is 0.712. The predicted molar refractivity (Wildman–Crippen MR) is 92.4 cm³/mol. The summed E-state index contributed by atoms with van der Waals surface area (Å²) in [5.41, 5.74) is 1.60. The third-order valence-corrected chi connectivity index (χ3v) is 5.43. The Morgan fingerprint density at radius 3 is 2.84 bits per heavy atom. The van der Waals surface area contributed by atoms with Crippen molar-refractivity contribution in [1.82, 2.24) is 14.2 Å². The minimum absolute atomic E-state index is 0.0301. The molecule has 0 bridgehead atoms. The highest BCUT2D eigenvalue weighted by Gasteiger charge is 2.28. The SMILES string of the molecule is CN(CCO)C(=O)CCc1ccc(C2CN(S(C)(=O)=O)CCO2)nc1. The highest BCUT2D eigenvalue weighted by molar-refractivity contribution is 7.88. The molecule has 1 aromatic rings. The standard InChI is InChI=1S/C16H25N3O5S/c1-18(7-9-20)16(21)6-4-13-3-5-14(17-11-13)15-12-19(8-10-24-15)25(2,22)23/h3,5,11,15,20H,4,6-10,12H2,1-2H3. The van der Waals surface area contributed by atoms with Gasteiger partial charge in [-0.1, -0.05) is 6.07 Å². The van der Waals surface area contributed by atoms with Crippen LogP contribution in [0.15, 0.2) is 18.3 Å². The van der Waals surface area contributed by atoms with Gasteiger partial charge in [0, 0.05) is 39.3 Å². The number of carbonyl (C=O) groups excluding carboxylic acids is 1. The zero-order valence-electron chi connectivity index (χ0n) is 14.6. The van der Waals surface area contributed by atoms with E-state index in [0.29, 0.717) is 38.2 Å². The molecule has 0 aromatic carbocycles. The van der Waals surface area contributed by atoms with Crippen LogP contribution in [0.4, 0.5) is 0 Å². The molecule has 1 amide bonds. The molecule has 0 radical (unpaired) electrons. The number of ether oxygens (including phenoxy) is 1. The van der Waals surface area contributed by atoms with Crippen LogP contribution in [0.25, 0.3) is 0 Å². The topological polar surface area (TPSA) is 100 Å². The smallest absolute Gasteiger partial charge is 0.222 e. The molecule has 1 unspecified atom stereocenters. The van der Waals surface area contributed by atoms with Crippen LogP contribution in [0.3, 0.4) is 0 Å². The Labute approximate surface area is 148 Å². The molecule has 1 atom stereocenters. The van der Waals surface area contributed by atoms with Crippen LogP contribution in [0.5, 0.6) is 0 Å². The van der Waals surface area contributed by atoms with Crippen molar-refractivity contribution in [1.29, 1.82) is 0 Å². The van der Waals surface area contributed by atoms with Crippen molar-refractivity contribution in [3.05, 3.63) is 29.6 Å². The summed E-state index contributed by atoms with van der Waals surface area (Å²) in [4.78, 5) is 17.7. The van der Waals surface area contributed by atoms with Gasteiger partial charge in [0.25, 0.3) is 0 Å². The van der Waals surface area contributed by atoms with Crippen LogP contribution < -0.4 is 0 Å². The first-order chi connectivity index (χ1) is 11.8. The lowest BCUT2D eigenvalue weighted by Gasteiger charge is -2.30. The zero-order valence-corrected chi connectivity index (χ0v) is 15.4. The van der Waals surface area contributed by atoms with Crippen LogP contribution in [-0.2, 0) is 26.0 Å². The fourth-order valence-corrected chi connectivity index (χ4v) is 3.41. The minimum atomic E-state index is -3.24. The Bertz CT molecular complexity index is 678.